The van der Waals surface area contributed by atoms with Gasteiger partial charge in [0.25, 0.3) is 5.56 Å². The van der Waals surface area contributed by atoms with Crippen molar-refractivity contribution >= 4 is 45.3 Å². The third-order valence-electron chi connectivity index (χ3n) is 3.62. The smallest absolute Gasteiger partial charge is 0.321 e. The molecule has 0 saturated carbocycles. The first-order chi connectivity index (χ1) is 11.1. The lowest BCUT2D eigenvalue weighted by Gasteiger charge is -2.09. The van der Waals surface area contributed by atoms with Gasteiger partial charge in [-0.1, -0.05) is 11.8 Å². The summed E-state index contributed by atoms with van der Waals surface area (Å²) in [6, 6.07) is -0.557. The fraction of sp³-hybridized carbons (Fsp3) is 0.429. The van der Waals surface area contributed by atoms with Crippen molar-refractivity contribution in [3.8, 4) is 0 Å². The molecule has 3 rings (SSSR count). The second-order valence-electron chi connectivity index (χ2n) is 5.18. The van der Waals surface area contributed by atoms with Crippen molar-refractivity contribution in [2.45, 2.75) is 30.8 Å². The second kappa shape index (κ2) is 6.71. The van der Waals surface area contributed by atoms with Crippen molar-refractivity contribution in [2.75, 3.05) is 12.8 Å². The zero-order valence-corrected chi connectivity index (χ0v) is 14.2. The Balaban J connectivity index is 1.79. The Morgan fingerprint density at radius 2 is 2.13 bits per heavy atom. The van der Waals surface area contributed by atoms with Crippen LogP contribution in [0.5, 0.6) is 0 Å². The van der Waals surface area contributed by atoms with E-state index in [0.717, 1.165) is 47.8 Å². The van der Waals surface area contributed by atoms with Gasteiger partial charge in [0.2, 0.25) is 5.91 Å². The number of carbonyl (C=O) groups excluding carboxylic acids is 2. The average Bonchev–Trinajstić information content (AvgIpc) is 2.91. The van der Waals surface area contributed by atoms with Crippen LogP contribution in [0.2, 0.25) is 0 Å². The predicted molar refractivity (Wildman–Crippen MR) is 90.2 cm³/mol. The summed E-state index contributed by atoms with van der Waals surface area (Å²) in [6.07, 6.45) is 4.20. The number of fused-ring (bicyclic) bond motifs is 3. The van der Waals surface area contributed by atoms with Gasteiger partial charge in [-0.25, -0.2) is 9.78 Å². The molecular weight excluding hydrogens is 336 g/mol. The quantitative estimate of drug-likeness (QED) is 0.572. The van der Waals surface area contributed by atoms with Crippen LogP contribution in [0.4, 0.5) is 4.79 Å². The van der Waals surface area contributed by atoms with Gasteiger partial charge in [-0.15, -0.1) is 11.3 Å². The Morgan fingerprint density at radius 1 is 1.35 bits per heavy atom. The second-order valence-corrected chi connectivity index (χ2v) is 7.23. The number of rotatable bonds is 3. The molecule has 0 radical (unpaired) electrons. The number of amides is 3. The normalized spacial score (nSPS) is 13.6. The Labute approximate surface area is 140 Å². The molecule has 3 amide bonds. The SMILES string of the molecule is CNC(=O)NC(=O)CSc1nc2sc3c(c2c(=O)[nH]1)CCCC3. The third-order valence-corrected chi connectivity index (χ3v) is 5.68. The van der Waals surface area contributed by atoms with Gasteiger partial charge in [0.05, 0.1) is 11.1 Å². The Kier molecular flexibility index (Phi) is 4.67. The van der Waals surface area contributed by atoms with E-state index in [-0.39, 0.29) is 11.3 Å². The van der Waals surface area contributed by atoms with Crippen LogP contribution in [-0.4, -0.2) is 34.7 Å². The Bertz CT molecular complexity index is 827. The summed E-state index contributed by atoms with van der Waals surface area (Å²) >= 11 is 2.67. The molecule has 9 heteroatoms. The van der Waals surface area contributed by atoms with Crippen LogP contribution >= 0.6 is 23.1 Å². The molecule has 0 fully saturated rings. The Morgan fingerprint density at radius 3 is 2.91 bits per heavy atom. The van der Waals surface area contributed by atoms with Crippen molar-refractivity contribution in [1.82, 2.24) is 20.6 Å². The van der Waals surface area contributed by atoms with E-state index in [4.69, 9.17) is 0 Å². The number of nitrogens with one attached hydrogen (secondary N) is 3. The van der Waals surface area contributed by atoms with Gasteiger partial charge in [0.15, 0.2) is 5.16 Å². The minimum atomic E-state index is -0.557. The summed E-state index contributed by atoms with van der Waals surface area (Å²) in [5, 5.41) is 5.56. The van der Waals surface area contributed by atoms with Crippen molar-refractivity contribution in [3.63, 3.8) is 0 Å². The molecule has 0 aromatic carbocycles. The summed E-state index contributed by atoms with van der Waals surface area (Å²) in [4.78, 5) is 44.1. The number of urea groups is 1. The van der Waals surface area contributed by atoms with Crippen molar-refractivity contribution in [2.24, 2.45) is 0 Å². The first-order valence-corrected chi connectivity index (χ1v) is 9.07. The van der Waals surface area contributed by atoms with E-state index in [2.05, 4.69) is 20.6 Å². The summed E-state index contributed by atoms with van der Waals surface area (Å²) < 4.78 is 0. The fourth-order valence-electron chi connectivity index (χ4n) is 2.57. The number of hydrogen-bond donors (Lipinski definition) is 3. The van der Waals surface area contributed by atoms with Gasteiger partial charge >= 0.3 is 6.03 Å². The number of thioether (sulfide) groups is 1. The number of aromatic nitrogens is 2. The lowest BCUT2D eigenvalue weighted by Crippen LogP contribution is -2.38. The summed E-state index contributed by atoms with van der Waals surface area (Å²) in [5.41, 5.74) is 0.988. The van der Waals surface area contributed by atoms with Gasteiger partial charge in [0, 0.05) is 11.9 Å². The first-order valence-electron chi connectivity index (χ1n) is 7.27. The van der Waals surface area contributed by atoms with E-state index in [1.807, 2.05) is 0 Å². The van der Waals surface area contributed by atoms with Gasteiger partial charge in [-0.2, -0.15) is 0 Å². The fourth-order valence-corrected chi connectivity index (χ4v) is 4.55. The largest absolute Gasteiger partial charge is 0.341 e. The lowest BCUT2D eigenvalue weighted by molar-refractivity contribution is -0.117. The molecule has 0 atom stereocenters. The van der Waals surface area contributed by atoms with E-state index in [0.29, 0.717) is 10.5 Å². The number of thiophene rings is 1. The summed E-state index contributed by atoms with van der Waals surface area (Å²) in [6.45, 7) is 0. The average molecular weight is 352 g/mol. The maximum absolute atomic E-state index is 12.3. The topological polar surface area (TPSA) is 104 Å². The first kappa shape index (κ1) is 16.0. The monoisotopic (exact) mass is 352 g/mol. The number of aryl methyl sites for hydroxylation is 2. The van der Waals surface area contributed by atoms with E-state index < -0.39 is 11.9 Å². The molecule has 23 heavy (non-hydrogen) atoms. The van der Waals surface area contributed by atoms with Crippen molar-refractivity contribution in [3.05, 3.63) is 20.8 Å². The number of hydrogen-bond acceptors (Lipinski definition) is 6. The maximum Gasteiger partial charge on any atom is 0.321 e. The van der Waals surface area contributed by atoms with Crippen molar-refractivity contribution in [1.29, 1.82) is 0 Å². The number of nitrogens with zero attached hydrogens (tertiary/aromatic N) is 1. The molecule has 2 aromatic rings. The molecule has 0 bridgehead atoms. The van der Waals surface area contributed by atoms with Crippen LogP contribution < -0.4 is 16.2 Å². The summed E-state index contributed by atoms with van der Waals surface area (Å²) in [7, 11) is 1.43. The van der Waals surface area contributed by atoms with Crippen LogP contribution in [0.1, 0.15) is 23.3 Å². The highest BCUT2D eigenvalue weighted by molar-refractivity contribution is 7.99. The Hall–Kier alpha value is -1.87. The van der Waals surface area contributed by atoms with E-state index >= 15 is 0 Å². The molecule has 0 unspecified atom stereocenters. The van der Waals surface area contributed by atoms with E-state index in [9.17, 15) is 14.4 Å². The minimum absolute atomic E-state index is 0.00690. The van der Waals surface area contributed by atoms with Gasteiger partial charge < -0.3 is 10.3 Å². The van der Waals surface area contributed by atoms with Gasteiger partial charge in [-0.3, -0.25) is 14.9 Å². The molecule has 1 aliphatic rings. The highest BCUT2D eigenvalue weighted by Crippen LogP contribution is 2.34. The number of imide groups is 1. The molecule has 7 nitrogen and oxygen atoms in total. The van der Waals surface area contributed by atoms with Crippen LogP contribution in [0.15, 0.2) is 9.95 Å². The predicted octanol–water partition coefficient (Wildman–Crippen LogP) is 1.41. The zero-order chi connectivity index (χ0) is 16.4. The highest BCUT2D eigenvalue weighted by Gasteiger charge is 2.20. The molecule has 1 aliphatic carbocycles. The molecule has 0 saturated heterocycles. The van der Waals surface area contributed by atoms with Crippen LogP contribution in [0.25, 0.3) is 10.2 Å². The van der Waals surface area contributed by atoms with Gasteiger partial charge in [-0.05, 0) is 31.2 Å². The zero-order valence-electron chi connectivity index (χ0n) is 12.5. The molecule has 2 aromatic heterocycles. The standard InChI is InChI=1S/C14H16N4O3S2/c1-15-13(21)16-9(19)6-22-14-17-11(20)10-7-4-2-3-5-8(7)23-12(10)18-14/h2-6H2,1H3,(H,17,18,20)(H2,15,16,19,21). The van der Waals surface area contributed by atoms with E-state index in [1.165, 1.54) is 11.9 Å². The molecule has 0 spiro atoms. The molecular formula is C14H16N4O3S2. The molecule has 0 aliphatic heterocycles. The lowest BCUT2D eigenvalue weighted by atomic mass is 9.97. The van der Waals surface area contributed by atoms with Crippen LogP contribution in [-0.2, 0) is 17.6 Å². The van der Waals surface area contributed by atoms with Gasteiger partial charge in [0.1, 0.15) is 4.83 Å². The van der Waals surface area contributed by atoms with Crippen molar-refractivity contribution < 1.29 is 9.59 Å². The molecule has 2 heterocycles. The number of aromatic amines is 1. The molecule has 122 valence electrons. The third kappa shape index (κ3) is 3.40. The van der Waals surface area contributed by atoms with E-state index in [1.54, 1.807) is 11.3 Å². The molecule has 3 N–H and O–H groups in total. The number of H-pyrrole nitrogens is 1. The van der Waals surface area contributed by atoms with Crippen LogP contribution in [0.3, 0.4) is 0 Å². The minimum Gasteiger partial charge on any atom is -0.341 e. The number of carbonyl (C=O) groups is 2. The maximum atomic E-state index is 12.3. The highest BCUT2D eigenvalue weighted by atomic mass is 32.2. The van der Waals surface area contributed by atoms with Crippen LogP contribution in [0, 0.1) is 0 Å². The summed E-state index contributed by atoms with van der Waals surface area (Å²) in [5.74, 6) is -0.435.